The van der Waals surface area contributed by atoms with Crippen molar-refractivity contribution in [2.45, 2.75) is 19.8 Å². The van der Waals surface area contributed by atoms with Crippen molar-refractivity contribution in [2.75, 3.05) is 18.2 Å². The molecule has 2 aromatic rings. The van der Waals surface area contributed by atoms with Crippen molar-refractivity contribution in [1.82, 2.24) is 15.0 Å². The van der Waals surface area contributed by atoms with E-state index >= 15 is 0 Å². The molecule has 0 radical (unpaired) electrons. The monoisotopic (exact) mass is 287 g/mol. The highest BCUT2D eigenvalue weighted by molar-refractivity contribution is 6.06. The Morgan fingerprint density at radius 2 is 2.05 bits per heavy atom. The Hall–Kier alpha value is -2.70. The molecule has 0 saturated carbocycles. The van der Waals surface area contributed by atoms with Crippen molar-refractivity contribution >= 4 is 17.3 Å². The summed E-state index contributed by atoms with van der Waals surface area (Å²) in [5.41, 5.74) is 6.69. The van der Waals surface area contributed by atoms with Crippen LogP contribution in [0.4, 0.5) is 11.4 Å². The van der Waals surface area contributed by atoms with E-state index in [-0.39, 0.29) is 17.3 Å². The van der Waals surface area contributed by atoms with Crippen molar-refractivity contribution in [3.05, 3.63) is 36.0 Å². The zero-order valence-electron chi connectivity index (χ0n) is 12.1. The number of rotatable bonds is 4. The number of carbonyl (C=O) groups excluding carboxylic acids is 1. The highest BCUT2D eigenvalue weighted by Crippen LogP contribution is 2.16. The van der Waals surface area contributed by atoms with Crippen molar-refractivity contribution in [3.8, 4) is 5.88 Å². The number of ether oxygens (including phenoxy) is 1. The van der Waals surface area contributed by atoms with E-state index in [0.29, 0.717) is 17.4 Å². The molecule has 0 spiro atoms. The number of nitrogens with two attached hydrogens (primary N) is 1. The van der Waals surface area contributed by atoms with Crippen LogP contribution in [-0.2, 0) is 0 Å². The molecule has 0 aromatic carbocycles. The van der Waals surface area contributed by atoms with Gasteiger partial charge in [0.25, 0.3) is 5.91 Å². The van der Waals surface area contributed by atoms with Crippen LogP contribution in [0, 0.1) is 0 Å². The number of methoxy groups -OCH3 is 1. The first-order valence-corrected chi connectivity index (χ1v) is 6.45. The number of nitrogen functional groups attached to an aromatic ring is 1. The highest BCUT2D eigenvalue weighted by atomic mass is 16.5. The number of nitrogens with zero attached hydrogens (tertiary/aromatic N) is 3. The van der Waals surface area contributed by atoms with Crippen LogP contribution in [0.25, 0.3) is 0 Å². The molecule has 2 heterocycles. The van der Waals surface area contributed by atoms with E-state index in [1.807, 2.05) is 13.8 Å². The van der Waals surface area contributed by atoms with E-state index in [2.05, 4.69) is 20.3 Å². The Balaban J connectivity index is 2.21. The standard InChI is InChI=1S/C14H17N5O2/c1-8(2)13-17-7-10(15)12(19-13)14(20)18-9-4-5-11(21-3)16-6-9/h4-8H,15H2,1-3H3,(H,18,20). The number of anilines is 2. The fraction of sp³-hybridized carbons (Fsp3) is 0.286. The minimum absolute atomic E-state index is 0.111. The maximum Gasteiger partial charge on any atom is 0.276 e. The van der Waals surface area contributed by atoms with Gasteiger partial charge in [-0.25, -0.2) is 15.0 Å². The largest absolute Gasteiger partial charge is 0.481 e. The van der Waals surface area contributed by atoms with Crippen LogP contribution in [0.1, 0.15) is 36.1 Å². The van der Waals surface area contributed by atoms with Crippen molar-refractivity contribution in [3.63, 3.8) is 0 Å². The Morgan fingerprint density at radius 1 is 1.29 bits per heavy atom. The third kappa shape index (κ3) is 3.44. The lowest BCUT2D eigenvalue weighted by molar-refractivity contribution is 0.102. The average molecular weight is 287 g/mol. The number of hydrogen-bond acceptors (Lipinski definition) is 6. The molecule has 0 saturated heterocycles. The normalized spacial score (nSPS) is 10.5. The molecule has 2 aromatic heterocycles. The topological polar surface area (TPSA) is 103 Å². The van der Waals surface area contributed by atoms with Crippen LogP contribution < -0.4 is 15.8 Å². The number of pyridine rings is 1. The molecule has 21 heavy (non-hydrogen) atoms. The fourth-order valence-electron chi connectivity index (χ4n) is 1.63. The predicted octanol–water partition coefficient (Wildman–Crippen LogP) is 1.84. The van der Waals surface area contributed by atoms with Gasteiger partial charge in [-0.1, -0.05) is 13.8 Å². The molecule has 3 N–H and O–H groups in total. The van der Waals surface area contributed by atoms with Gasteiger partial charge in [0.15, 0.2) is 5.69 Å². The molecule has 0 unspecified atom stereocenters. The quantitative estimate of drug-likeness (QED) is 0.889. The van der Waals surface area contributed by atoms with E-state index in [4.69, 9.17) is 10.5 Å². The molecule has 0 aliphatic heterocycles. The van der Waals surface area contributed by atoms with Crippen LogP contribution in [0.2, 0.25) is 0 Å². The van der Waals surface area contributed by atoms with Crippen LogP contribution in [-0.4, -0.2) is 28.0 Å². The summed E-state index contributed by atoms with van der Waals surface area (Å²) in [6.45, 7) is 3.89. The second-order valence-corrected chi connectivity index (χ2v) is 4.73. The SMILES string of the molecule is COc1ccc(NC(=O)c2nc(C(C)C)ncc2N)cn1. The molecule has 1 amide bonds. The second kappa shape index (κ2) is 6.17. The molecule has 7 nitrogen and oxygen atoms in total. The van der Waals surface area contributed by atoms with Gasteiger partial charge in [-0.2, -0.15) is 0 Å². The first-order valence-electron chi connectivity index (χ1n) is 6.45. The lowest BCUT2D eigenvalue weighted by Gasteiger charge is -2.09. The highest BCUT2D eigenvalue weighted by Gasteiger charge is 2.15. The third-order valence-electron chi connectivity index (χ3n) is 2.77. The summed E-state index contributed by atoms with van der Waals surface area (Å²) in [5.74, 6) is 0.752. The van der Waals surface area contributed by atoms with Gasteiger partial charge in [0.1, 0.15) is 5.82 Å². The van der Waals surface area contributed by atoms with E-state index in [1.165, 1.54) is 19.5 Å². The van der Waals surface area contributed by atoms with Gasteiger partial charge in [0.05, 0.1) is 30.9 Å². The van der Waals surface area contributed by atoms with Crippen molar-refractivity contribution in [2.24, 2.45) is 0 Å². The van der Waals surface area contributed by atoms with Gasteiger partial charge in [-0.3, -0.25) is 4.79 Å². The molecular formula is C14H17N5O2. The average Bonchev–Trinajstić information content (AvgIpc) is 2.48. The molecule has 110 valence electrons. The summed E-state index contributed by atoms with van der Waals surface area (Å²) in [6, 6.07) is 3.34. The molecule has 0 aliphatic rings. The van der Waals surface area contributed by atoms with Crippen LogP contribution in [0.5, 0.6) is 5.88 Å². The number of aromatic nitrogens is 3. The van der Waals surface area contributed by atoms with Crippen molar-refractivity contribution < 1.29 is 9.53 Å². The van der Waals surface area contributed by atoms with Gasteiger partial charge in [0.2, 0.25) is 5.88 Å². The van der Waals surface area contributed by atoms with Crippen molar-refractivity contribution in [1.29, 1.82) is 0 Å². The van der Waals surface area contributed by atoms with E-state index in [0.717, 1.165) is 0 Å². The summed E-state index contributed by atoms with van der Waals surface area (Å²) in [6.07, 6.45) is 2.95. The van der Waals surface area contributed by atoms with Gasteiger partial charge in [0, 0.05) is 12.0 Å². The second-order valence-electron chi connectivity index (χ2n) is 4.73. The minimum atomic E-state index is -0.399. The number of nitrogens with one attached hydrogen (secondary N) is 1. The lowest BCUT2D eigenvalue weighted by atomic mass is 10.2. The summed E-state index contributed by atoms with van der Waals surface area (Å²) in [5, 5.41) is 2.69. The summed E-state index contributed by atoms with van der Waals surface area (Å²) < 4.78 is 4.96. The zero-order valence-corrected chi connectivity index (χ0v) is 12.1. The van der Waals surface area contributed by atoms with Crippen LogP contribution >= 0.6 is 0 Å². The van der Waals surface area contributed by atoms with Crippen LogP contribution in [0.3, 0.4) is 0 Å². The van der Waals surface area contributed by atoms with E-state index in [1.54, 1.807) is 12.1 Å². The smallest absolute Gasteiger partial charge is 0.276 e. The maximum absolute atomic E-state index is 12.2. The first kappa shape index (κ1) is 14.7. The van der Waals surface area contributed by atoms with Gasteiger partial charge < -0.3 is 15.8 Å². The number of carbonyl (C=O) groups is 1. The summed E-state index contributed by atoms with van der Waals surface area (Å²) >= 11 is 0. The molecular weight excluding hydrogens is 270 g/mol. The summed E-state index contributed by atoms with van der Waals surface area (Å²) in [7, 11) is 1.52. The molecule has 0 bridgehead atoms. The summed E-state index contributed by atoms with van der Waals surface area (Å²) in [4.78, 5) is 24.5. The number of hydrogen-bond donors (Lipinski definition) is 2. The van der Waals surface area contributed by atoms with E-state index in [9.17, 15) is 4.79 Å². The third-order valence-corrected chi connectivity index (χ3v) is 2.77. The predicted molar refractivity (Wildman–Crippen MR) is 79.3 cm³/mol. The Kier molecular flexibility index (Phi) is 4.32. The van der Waals surface area contributed by atoms with Gasteiger partial charge >= 0.3 is 0 Å². The first-order chi connectivity index (χ1) is 10.0. The Bertz CT molecular complexity index is 640. The fourth-order valence-corrected chi connectivity index (χ4v) is 1.63. The number of amides is 1. The maximum atomic E-state index is 12.2. The Labute approximate surface area is 122 Å². The Morgan fingerprint density at radius 3 is 2.62 bits per heavy atom. The molecule has 0 atom stereocenters. The molecule has 2 rings (SSSR count). The zero-order chi connectivity index (χ0) is 15.4. The minimum Gasteiger partial charge on any atom is -0.481 e. The molecule has 7 heteroatoms. The van der Waals surface area contributed by atoms with Crippen LogP contribution in [0.15, 0.2) is 24.5 Å². The molecule has 0 fully saturated rings. The lowest BCUT2D eigenvalue weighted by Crippen LogP contribution is -2.18. The molecule has 0 aliphatic carbocycles. The van der Waals surface area contributed by atoms with Gasteiger partial charge in [-0.15, -0.1) is 0 Å². The van der Waals surface area contributed by atoms with Gasteiger partial charge in [-0.05, 0) is 6.07 Å². The van der Waals surface area contributed by atoms with E-state index < -0.39 is 5.91 Å².